The van der Waals surface area contributed by atoms with Gasteiger partial charge in [0.2, 0.25) is 0 Å². The van der Waals surface area contributed by atoms with Crippen LogP contribution in [0.15, 0.2) is 36.4 Å². The number of carbonyl (C=O) groups is 1. The van der Waals surface area contributed by atoms with Crippen LogP contribution in [0.3, 0.4) is 0 Å². The SMILES string of the molecule is C[C@H]1CN(C(=O)c2cc(C(F)F)[nH]n2)Cc2nnc(CCc3ccccc3)n21. The van der Waals surface area contributed by atoms with Gasteiger partial charge in [-0.05, 0) is 25.0 Å². The minimum atomic E-state index is -2.69. The Morgan fingerprint density at radius 3 is 2.75 bits per heavy atom. The van der Waals surface area contributed by atoms with Gasteiger partial charge in [-0.1, -0.05) is 30.3 Å². The number of rotatable bonds is 5. The van der Waals surface area contributed by atoms with Gasteiger partial charge in [0.1, 0.15) is 11.5 Å². The van der Waals surface area contributed by atoms with E-state index < -0.39 is 12.3 Å². The molecule has 146 valence electrons. The Labute approximate surface area is 160 Å². The van der Waals surface area contributed by atoms with E-state index in [0.29, 0.717) is 12.4 Å². The zero-order valence-corrected chi connectivity index (χ0v) is 15.3. The number of nitrogens with one attached hydrogen (secondary N) is 1. The number of aromatic amines is 1. The number of hydrogen-bond donors (Lipinski definition) is 1. The van der Waals surface area contributed by atoms with E-state index in [1.165, 1.54) is 5.56 Å². The first-order chi connectivity index (χ1) is 13.5. The Kier molecular flexibility index (Phi) is 4.89. The van der Waals surface area contributed by atoms with Crippen molar-refractivity contribution in [3.05, 3.63) is 65.0 Å². The van der Waals surface area contributed by atoms with Crippen LogP contribution < -0.4 is 0 Å². The third-order valence-electron chi connectivity index (χ3n) is 4.91. The number of hydrogen-bond acceptors (Lipinski definition) is 4. The standard InChI is InChI=1S/C19H20F2N6O/c1-12-10-26(19(28)15-9-14(18(20)21)22-23-15)11-17-25-24-16(27(12)17)8-7-13-5-3-2-4-6-13/h2-6,9,12,18H,7-8,10-11H2,1H3,(H,22,23)/t12-/m0/s1. The summed E-state index contributed by atoms with van der Waals surface area (Å²) in [6.45, 7) is 2.71. The quantitative estimate of drug-likeness (QED) is 0.731. The van der Waals surface area contributed by atoms with Gasteiger partial charge in [0.25, 0.3) is 12.3 Å². The van der Waals surface area contributed by atoms with Crippen molar-refractivity contribution in [1.29, 1.82) is 0 Å². The third kappa shape index (κ3) is 3.51. The number of benzene rings is 1. The molecule has 0 aliphatic carbocycles. The summed E-state index contributed by atoms with van der Waals surface area (Å²) >= 11 is 0. The molecule has 1 N–H and O–H groups in total. The maximum Gasteiger partial charge on any atom is 0.279 e. The molecule has 3 heterocycles. The Bertz CT molecular complexity index is 968. The van der Waals surface area contributed by atoms with Gasteiger partial charge in [0.15, 0.2) is 11.5 Å². The van der Waals surface area contributed by atoms with Gasteiger partial charge in [-0.3, -0.25) is 9.89 Å². The molecular weight excluding hydrogens is 366 g/mol. The van der Waals surface area contributed by atoms with Crippen LogP contribution in [-0.4, -0.2) is 42.3 Å². The van der Waals surface area contributed by atoms with Crippen molar-refractivity contribution < 1.29 is 13.6 Å². The lowest BCUT2D eigenvalue weighted by Gasteiger charge is -2.32. The minimum Gasteiger partial charge on any atom is -0.328 e. The zero-order chi connectivity index (χ0) is 19.7. The number of halogens is 2. The largest absolute Gasteiger partial charge is 0.328 e. The summed E-state index contributed by atoms with van der Waals surface area (Å²) in [7, 11) is 0. The van der Waals surface area contributed by atoms with Crippen LogP contribution >= 0.6 is 0 Å². The second kappa shape index (κ2) is 7.49. The number of carbonyl (C=O) groups excluding carboxylic acids is 1. The molecule has 28 heavy (non-hydrogen) atoms. The summed E-state index contributed by atoms with van der Waals surface area (Å²) in [6.07, 6.45) is -1.07. The molecule has 0 unspecified atom stereocenters. The molecule has 1 aliphatic rings. The topological polar surface area (TPSA) is 79.7 Å². The van der Waals surface area contributed by atoms with E-state index in [1.54, 1.807) is 4.90 Å². The Morgan fingerprint density at radius 2 is 2.04 bits per heavy atom. The number of aromatic nitrogens is 5. The van der Waals surface area contributed by atoms with Gasteiger partial charge in [0.05, 0.1) is 12.6 Å². The van der Waals surface area contributed by atoms with Crippen molar-refractivity contribution in [3.8, 4) is 0 Å². The molecule has 3 aromatic rings. The molecule has 0 spiro atoms. The first-order valence-electron chi connectivity index (χ1n) is 9.12. The summed E-state index contributed by atoms with van der Waals surface area (Å²) in [5.41, 5.74) is 0.855. The fourth-order valence-electron chi connectivity index (χ4n) is 3.56. The fourth-order valence-corrected chi connectivity index (χ4v) is 3.56. The summed E-state index contributed by atoms with van der Waals surface area (Å²) < 4.78 is 27.5. The second-order valence-electron chi connectivity index (χ2n) is 6.93. The molecule has 0 saturated heterocycles. The number of aryl methyl sites for hydroxylation is 2. The average molecular weight is 386 g/mol. The summed E-state index contributed by atoms with van der Waals surface area (Å²) in [5, 5.41) is 14.5. The number of fused-ring (bicyclic) bond motifs is 1. The normalized spacial score (nSPS) is 16.4. The maximum absolute atomic E-state index is 12.7. The van der Waals surface area contributed by atoms with Crippen LogP contribution in [0.5, 0.6) is 0 Å². The van der Waals surface area contributed by atoms with Gasteiger partial charge in [-0.15, -0.1) is 10.2 Å². The molecule has 4 rings (SSSR count). The number of nitrogens with zero attached hydrogens (tertiary/aromatic N) is 5. The fraction of sp³-hybridized carbons (Fsp3) is 0.368. The maximum atomic E-state index is 12.7. The van der Waals surface area contributed by atoms with Crippen LogP contribution in [0.2, 0.25) is 0 Å². The lowest BCUT2D eigenvalue weighted by Crippen LogP contribution is -2.41. The van der Waals surface area contributed by atoms with Gasteiger partial charge in [0, 0.05) is 13.0 Å². The molecule has 9 heteroatoms. The highest BCUT2D eigenvalue weighted by molar-refractivity contribution is 5.92. The van der Waals surface area contributed by atoms with Gasteiger partial charge < -0.3 is 9.47 Å². The highest BCUT2D eigenvalue weighted by Crippen LogP contribution is 2.24. The van der Waals surface area contributed by atoms with Gasteiger partial charge in [-0.2, -0.15) is 5.10 Å². The lowest BCUT2D eigenvalue weighted by molar-refractivity contribution is 0.0673. The molecule has 2 aromatic heterocycles. The molecule has 1 amide bonds. The second-order valence-corrected chi connectivity index (χ2v) is 6.93. The van der Waals surface area contributed by atoms with Crippen LogP contribution in [0.1, 0.15) is 52.8 Å². The number of H-pyrrole nitrogens is 1. The van der Waals surface area contributed by atoms with E-state index in [-0.39, 0.29) is 24.0 Å². The third-order valence-corrected chi connectivity index (χ3v) is 4.91. The predicted molar refractivity (Wildman–Crippen MR) is 96.9 cm³/mol. The number of alkyl halides is 2. The zero-order valence-electron chi connectivity index (χ0n) is 15.3. The molecule has 0 bridgehead atoms. The molecular formula is C19H20F2N6O. The van der Waals surface area contributed by atoms with E-state index in [9.17, 15) is 13.6 Å². The first kappa shape index (κ1) is 18.3. The van der Waals surface area contributed by atoms with Crippen LogP contribution in [0.4, 0.5) is 8.78 Å². The Hall–Kier alpha value is -3.10. The van der Waals surface area contributed by atoms with Gasteiger partial charge in [-0.25, -0.2) is 8.78 Å². The van der Waals surface area contributed by atoms with Crippen LogP contribution in [-0.2, 0) is 19.4 Å². The van der Waals surface area contributed by atoms with E-state index >= 15 is 0 Å². The molecule has 0 fully saturated rings. The monoisotopic (exact) mass is 386 g/mol. The van der Waals surface area contributed by atoms with E-state index in [4.69, 9.17) is 0 Å². The summed E-state index contributed by atoms with van der Waals surface area (Å²) in [5.74, 6) is 1.19. The van der Waals surface area contributed by atoms with Crippen LogP contribution in [0, 0.1) is 0 Å². The highest BCUT2D eigenvalue weighted by Gasteiger charge is 2.30. The van der Waals surface area contributed by atoms with E-state index in [0.717, 1.165) is 24.7 Å². The molecule has 1 aliphatic heterocycles. The van der Waals surface area contributed by atoms with Gasteiger partial charge >= 0.3 is 0 Å². The minimum absolute atomic E-state index is 0.0121. The van der Waals surface area contributed by atoms with Crippen molar-refractivity contribution in [2.45, 2.75) is 38.8 Å². The van der Waals surface area contributed by atoms with Crippen molar-refractivity contribution in [3.63, 3.8) is 0 Å². The first-order valence-corrected chi connectivity index (χ1v) is 9.12. The van der Waals surface area contributed by atoms with Crippen molar-refractivity contribution in [1.82, 2.24) is 29.9 Å². The molecule has 7 nitrogen and oxygen atoms in total. The average Bonchev–Trinajstić information content (AvgIpc) is 3.34. The van der Waals surface area contributed by atoms with Crippen molar-refractivity contribution >= 4 is 5.91 Å². The Morgan fingerprint density at radius 1 is 1.25 bits per heavy atom. The van der Waals surface area contributed by atoms with E-state index in [2.05, 4.69) is 37.1 Å². The van der Waals surface area contributed by atoms with Crippen molar-refractivity contribution in [2.24, 2.45) is 0 Å². The summed E-state index contributed by atoms with van der Waals surface area (Å²) in [6, 6.07) is 11.2. The summed E-state index contributed by atoms with van der Waals surface area (Å²) in [4.78, 5) is 14.2. The molecule has 0 saturated carbocycles. The number of amides is 1. The van der Waals surface area contributed by atoms with E-state index in [1.807, 2.05) is 25.1 Å². The highest BCUT2D eigenvalue weighted by atomic mass is 19.3. The predicted octanol–water partition coefficient (Wildman–Crippen LogP) is 2.94. The molecule has 1 aromatic carbocycles. The lowest BCUT2D eigenvalue weighted by atomic mass is 10.1. The van der Waals surface area contributed by atoms with Crippen LogP contribution in [0.25, 0.3) is 0 Å². The molecule has 1 atom stereocenters. The van der Waals surface area contributed by atoms with Crippen molar-refractivity contribution in [2.75, 3.05) is 6.54 Å². The molecule has 0 radical (unpaired) electrons. The smallest absolute Gasteiger partial charge is 0.279 e. The Balaban J connectivity index is 1.48.